The molecular formula is C62H40N2S2. The molecule has 2 nitrogen and oxygen atoms in total. The number of hydrogen-bond donors (Lipinski definition) is 0. The molecule has 13 aromatic rings. The van der Waals surface area contributed by atoms with Gasteiger partial charge in [0.15, 0.2) is 0 Å². The van der Waals surface area contributed by atoms with Crippen molar-refractivity contribution in [2.45, 2.75) is 0 Å². The second-order valence-electron chi connectivity index (χ2n) is 16.8. The van der Waals surface area contributed by atoms with Crippen LogP contribution in [0.15, 0.2) is 243 Å². The first-order valence-corrected chi connectivity index (χ1v) is 24.1. The van der Waals surface area contributed by atoms with E-state index in [1.54, 1.807) is 0 Å². The lowest BCUT2D eigenvalue weighted by atomic mass is 9.85. The topological polar surface area (TPSA) is 6.48 Å². The van der Waals surface area contributed by atoms with Crippen molar-refractivity contribution in [2.75, 3.05) is 9.80 Å². The first-order valence-electron chi connectivity index (χ1n) is 22.4. The van der Waals surface area contributed by atoms with Gasteiger partial charge in [-0.1, -0.05) is 170 Å². The molecule has 2 aromatic heterocycles. The molecule has 0 aliphatic carbocycles. The fraction of sp³-hybridized carbons (Fsp3) is 0. The van der Waals surface area contributed by atoms with Crippen molar-refractivity contribution in [3.05, 3.63) is 243 Å². The summed E-state index contributed by atoms with van der Waals surface area (Å²) in [6, 6.07) is 89.0. The number of thiophene rings is 2. The van der Waals surface area contributed by atoms with Gasteiger partial charge in [0.1, 0.15) is 0 Å². The molecule has 0 unspecified atom stereocenters. The third kappa shape index (κ3) is 6.29. The van der Waals surface area contributed by atoms with Gasteiger partial charge in [0, 0.05) is 53.7 Å². The van der Waals surface area contributed by atoms with Crippen molar-refractivity contribution in [3.63, 3.8) is 0 Å². The molecule has 0 amide bonds. The Kier molecular flexibility index (Phi) is 9.26. The monoisotopic (exact) mass is 876 g/mol. The van der Waals surface area contributed by atoms with E-state index in [0.717, 1.165) is 22.7 Å². The Labute approximate surface area is 391 Å². The predicted octanol–water partition coefficient (Wildman–Crippen LogP) is 19.0. The van der Waals surface area contributed by atoms with Gasteiger partial charge in [-0.3, -0.25) is 0 Å². The fourth-order valence-corrected chi connectivity index (χ4v) is 12.6. The molecule has 2 heterocycles. The summed E-state index contributed by atoms with van der Waals surface area (Å²) >= 11 is 3.74. The van der Waals surface area contributed by atoms with Crippen LogP contribution in [0.25, 0.3) is 84.1 Å². The Morgan fingerprint density at radius 2 is 0.606 bits per heavy atom. The second-order valence-corrected chi connectivity index (χ2v) is 18.9. The van der Waals surface area contributed by atoms with Gasteiger partial charge in [0.2, 0.25) is 0 Å². The molecule has 0 saturated heterocycles. The molecule has 11 aromatic carbocycles. The Morgan fingerprint density at radius 1 is 0.242 bits per heavy atom. The molecule has 0 atom stereocenters. The van der Waals surface area contributed by atoms with Crippen LogP contribution in [0.3, 0.4) is 0 Å². The third-order valence-corrected chi connectivity index (χ3v) is 15.4. The molecule has 0 fully saturated rings. The Hall–Kier alpha value is -8.02. The molecule has 0 N–H and O–H groups in total. The quantitative estimate of drug-likeness (QED) is 0.140. The lowest BCUT2D eigenvalue weighted by Gasteiger charge is -2.28. The highest BCUT2D eigenvalue weighted by atomic mass is 32.1. The number of nitrogens with zero attached hydrogens (tertiary/aromatic N) is 2. The minimum Gasteiger partial charge on any atom is -0.309 e. The third-order valence-electron chi connectivity index (χ3n) is 13.0. The summed E-state index contributed by atoms with van der Waals surface area (Å²) in [7, 11) is 0. The van der Waals surface area contributed by atoms with Crippen LogP contribution in [0.1, 0.15) is 0 Å². The minimum absolute atomic E-state index is 1.11. The molecule has 0 aliphatic heterocycles. The zero-order valence-corrected chi connectivity index (χ0v) is 37.4. The van der Waals surface area contributed by atoms with Gasteiger partial charge < -0.3 is 9.80 Å². The normalized spacial score (nSPS) is 11.6. The number of para-hydroxylation sites is 2. The predicted molar refractivity (Wildman–Crippen MR) is 287 cm³/mol. The van der Waals surface area contributed by atoms with Gasteiger partial charge in [-0.2, -0.15) is 0 Å². The van der Waals surface area contributed by atoms with Crippen molar-refractivity contribution in [1.29, 1.82) is 0 Å². The van der Waals surface area contributed by atoms with Crippen LogP contribution < -0.4 is 9.80 Å². The molecule has 0 aliphatic rings. The van der Waals surface area contributed by atoms with E-state index >= 15 is 0 Å². The first kappa shape index (κ1) is 38.4. The molecular weight excluding hydrogens is 837 g/mol. The van der Waals surface area contributed by atoms with Crippen LogP contribution in [0, 0.1) is 0 Å². The molecule has 0 saturated carbocycles. The van der Waals surface area contributed by atoms with Crippen LogP contribution in [-0.4, -0.2) is 0 Å². The van der Waals surface area contributed by atoms with E-state index in [9.17, 15) is 0 Å². The first-order chi connectivity index (χ1) is 32.8. The Morgan fingerprint density at radius 3 is 1.03 bits per heavy atom. The van der Waals surface area contributed by atoms with Crippen molar-refractivity contribution in [2.24, 2.45) is 0 Å². The summed E-state index contributed by atoms with van der Waals surface area (Å²) in [6.45, 7) is 0. The van der Waals surface area contributed by atoms with E-state index in [0.29, 0.717) is 0 Å². The summed E-state index contributed by atoms with van der Waals surface area (Å²) in [6.07, 6.45) is 0. The van der Waals surface area contributed by atoms with Crippen molar-refractivity contribution >= 4 is 119 Å². The Bertz CT molecular complexity index is 3670. The highest BCUT2D eigenvalue weighted by Crippen LogP contribution is 2.51. The lowest BCUT2D eigenvalue weighted by Crippen LogP contribution is -2.10. The van der Waals surface area contributed by atoms with Gasteiger partial charge in [0.25, 0.3) is 0 Å². The van der Waals surface area contributed by atoms with Crippen LogP contribution in [0.4, 0.5) is 34.1 Å². The van der Waals surface area contributed by atoms with Crippen molar-refractivity contribution in [3.8, 4) is 22.3 Å². The maximum atomic E-state index is 2.45. The molecule has 310 valence electrons. The average molecular weight is 877 g/mol. The van der Waals surface area contributed by atoms with Gasteiger partial charge >= 0.3 is 0 Å². The van der Waals surface area contributed by atoms with E-state index in [1.807, 2.05) is 22.7 Å². The number of benzene rings is 11. The molecule has 0 spiro atoms. The fourth-order valence-electron chi connectivity index (χ4n) is 10.1. The molecule has 0 bridgehead atoms. The lowest BCUT2D eigenvalue weighted by molar-refractivity contribution is 1.31. The van der Waals surface area contributed by atoms with E-state index in [2.05, 4.69) is 252 Å². The second kappa shape index (κ2) is 15.9. The van der Waals surface area contributed by atoms with Crippen LogP contribution >= 0.6 is 22.7 Å². The summed E-state index contributed by atoms with van der Waals surface area (Å²) in [5, 5.41) is 9.97. The van der Waals surface area contributed by atoms with Crippen molar-refractivity contribution < 1.29 is 0 Å². The smallest absolute Gasteiger partial charge is 0.0640 e. The zero-order chi connectivity index (χ0) is 43.6. The number of rotatable bonds is 8. The van der Waals surface area contributed by atoms with Crippen LogP contribution in [-0.2, 0) is 0 Å². The number of fused-ring (bicyclic) bond motifs is 8. The largest absolute Gasteiger partial charge is 0.309 e. The van der Waals surface area contributed by atoms with E-state index in [4.69, 9.17) is 0 Å². The zero-order valence-electron chi connectivity index (χ0n) is 35.8. The van der Waals surface area contributed by atoms with Crippen LogP contribution in [0.5, 0.6) is 0 Å². The van der Waals surface area contributed by atoms with Crippen LogP contribution in [0.2, 0.25) is 0 Å². The summed E-state index contributed by atoms with van der Waals surface area (Å²) < 4.78 is 5.14. The van der Waals surface area contributed by atoms with Gasteiger partial charge in [0.05, 0.1) is 20.8 Å². The highest BCUT2D eigenvalue weighted by molar-refractivity contribution is 7.26. The Balaban J connectivity index is 1.10. The molecule has 0 radical (unpaired) electrons. The maximum absolute atomic E-state index is 2.45. The number of anilines is 6. The van der Waals surface area contributed by atoms with Gasteiger partial charge in [-0.05, 0) is 117 Å². The average Bonchev–Trinajstić information content (AvgIpc) is 3.97. The minimum atomic E-state index is 1.11. The van der Waals surface area contributed by atoms with E-state index in [-0.39, 0.29) is 0 Å². The standard InChI is InChI=1S/C62H40N2S2/c1-5-19-41(20-6-1)59-49-37-35-46(64(44-25-11-4-12-26-44)56-32-18-30-52-48-28-14-16-34-58(48)66-62(52)56)40-54(49)60(42-21-7-2-8-22-42)50-38-36-45(39-53(50)59)63(43-23-9-3-10-24-43)55-31-17-29-51-47-27-13-15-33-57(47)65-61(51)55/h1-40H. The molecule has 66 heavy (non-hydrogen) atoms. The summed E-state index contributed by atoms with van der Waals surface area (Å²) in [5.41, 5.74) is 11.6. The van der Waals surface area contributed by atoms with Crippen molar-refractivity contribution in [1.82, 2.24) is 0 Å². The molecule has 4 heteroatoms. The SMILES string of the molecule is c1ccc(-c2c3ccc(N(c4ccccc4)c4cccc5c4sc4ccccc45)cc3c(-c3ccccc3)c3ccc(N(c4ccccc4)c4cccc5c4sc4ccccc45)cc23)cc1. The van der Waals surface area contributed by atoms with Gasteiger partial charge in [-0.25, -0.2) is 0 Å². The highest BCUT2D eigenvalue weighted by Gasteiger charge is 2.24. The summed E-state index contributed by atoms with van der Waals surface area (Å²) in [4.78, 5) is 4.90. The van der Waals surface area contributed by atoms with E-state index < -0.39 is 0 Å². The summed E-state index contributed by atoms with van der Waals surface area (Å²) in [5.74, 6) is 0. The van der Waals surface area contributed by atoms with E-state index in [1.165, 1.54) is 95.5 Å². The maximum Gasteiger partial charge on any atom is 0.0640 e. The number of hydrogen-bond acceptors (Lipinski definition) is 4. The van der Waals surface area contributed by atoms with Gasteiger partial charge in [-0.15, -0.1) is 22.7 Å². The molecule has 13 rings (SSSR count).